The minimum Gasteiger partial charge on any atom is -0.377 e. The van der Waals surface area contributed by atoms with Crippen molar-refractivity contribution in [3.05, 3.63) is 71.3 Å². The molecule has 1 aliphatic rings. The Labute approximate surface area is 170 Å². The molecule has 152 valence electrons. The summed E-state index contributed by atoms with van der Waals surface area (Å²) in [5.74, 6) is 0.128. The number of nitrogens with zero attached hydrogens (tertiary/aromatic N) is 5. The van der Waals surface area contributed by atoms with E-state index in [0.717, 1.165) is 17.0 Å². The molecule has 0 saturated carbocycles. The van der Waals surface area contributed by atoms with Gasteiger partial charge in [0.1, 0.15) is 0 Å². The van der Waals surface area contributed by atoms with E-state index in [1.54, 1.807) is 10.9 Å². The zero-order valence-electron chi connectivity index (χ0n) is 17.0. The molecule has 0 spiro atoms. The van der Waals surface area contributed by atoms with E-state index in [0.29, 0.717) is 39.3 Å². The summed E-state index contributed by atoms with van der Waals surface area (Å²) in [5.41, 5.74) is 4.36. The second-order valence-electron chi connectivity index (χ2n) is 7.42. The normalized spacial score (nSPS) is 16.9. The maximum Gasteiger partial charge on any atom is 0.225 e. The van der Waals surface area contributed by atoms with Crippen LogP contribution in [0.15, 0.2) is 48.8 Å². The fourth-order valence-electron chi connectivity index (χ4n) is 4.03. The van der Waals surface area contributed by atoms with E-state index >= 15 is 0 Å². The summed E-state index contributed by atoms with van der Waals surface area (Å²) in [5, 5.41) is 8.96. The number of carbonyl (C=O) groups is 1. The molecule has 4 rings (SSSR count). The molecule has 7 heteroatoms. The number of morpholine rings is 1. The zero-order chi connectivity index (χ0) is 20.2. The zero-order valence-corrected chi connectivity index (χ0v) is 17.0. The summed E-state index contributed by atoms with van der Waals surface area (Å²) in [6.45, 7) is 7.08. The number of hydrogen-bond acceptors (Lipinski definition) is 4. The SMILES string of the molecule is Cc1nn(Cc2ccccc2)c(C)c1C1COCCN1C(=O)CCn1cccn1. The van der Waals surface area contributed by atoms with Crippen LogP contribution in [-0.2, 0) is 22.6 Å². The van der Waals surface area contributed by atoms with Crippen LogP contribution in [0, 0.1) is 13.8 Å². The molecule has 1 atom stereocenters. The lowest BCUT2D eigenvalue weighted by Crippen LogP contribution is -2.44. The molecule has 1 aliphatic heterocycles. The average Bonchev–Trinajstić information content (AvgIpc) is 3.35. The van der Waals surface area contributed by atoms with Gasteiger partial charge in [-0.25, -0.2) is 0 Å². The van der Waals surface area contributed by atoms with E-state index in [4.69, 9.17) is 9.84 Å². The molecule has 0 N–H and O–H groups in total. The minimum absolute atomic E-state index is 0.0987. The number of aromatic nitrogens is 4. The smallest absolute Gasteiger partial charge is 0.225 e. The Morgan fingerprint density at radius 1 is 1.21 bits per heavy atom. The fourth-order valence-corrected chi connectivity index (χ4v) is 4.03. The Morgan fingerprint density at radius 2 is 2.03 bits per heavy atom. The molecule has 0 bridgehead atoms. The first-order valence-electron chi connectivity index (χ1n) is 10.1. The van der Waals surface area contributed by atoms with Crippen molar-refractivity contribution < 1.29 is 9.53 Å². The van der Waals surface area contributed by atoms with Gasteiger partial charge in [-0.05, 0) is 25.5 Å². The lowest BCUT2D eigenvalue weighted by atomic mass is 10.0. The number of benzene rings is 1. The molecule has 7 nitrogen and oxygen atoms in total. The Kier molecular flexibility index (Phi) is 5.76. The first-order valence-corrected chi connectivity index (χ1v) is 10.1. The summed E-state index contributed by atoms with van der Waals surface area (Å²) in [6.07, 6.45) is 4.04. The molecule has 3 aromatic rings. The van der Waals surface area contributed by atoms with Crippen molar-refractivity contribution in [2.45, 2.75) is 39.4 Å². The van der Waals surface area contributed by atoms with Crippen LogP contribution >= 0.6 is 0 Å². The second-order valence-corrected chi connectivity index (χ2v) is 7.42. The summed E-state index contributed by atoms with van der Waals surface area (Å²) >= 11 is 0. The van der Waals surface area contributed by atoms with Crippen molar-refractivity contribution in [3.63, 3.8) is 0 Å². The Bertz CT molecular complexity index is 949. The number of aryl methyl sites for hydroxylation is 2. The van der Waals surface area contributed by atoms with Crippen molar-refractivity contribution >= 4 is 5.91 Å². The number of ether oxygens (including phenoxy) is 1. The highest BCUT2D eigenvalue weighted by atomic mass is 16.5. The molecule has 1 amide bonds. The Morgan fingerprint density at radius 3 is 2.79 bits per heavy atom. The van der Waals surface area contributed by atoms with Gasteiger partial charge in [-0.2, -0.15) is 10.2 Å². The van der Waals surface area contributed by atoms with Crippen LogP contribution in [0.5, 0.6) is 0 Å². The van der Waals surface area contributed by atoms with E-state index in [9.17, 15) is 4.79 Å². The van der Waals surface area contributed by atoms with Crippen molar-refractivity contribution in [2.75, 3.05) is 19.8 Å². The van der Waals surface area contributed by atoms with Crippen LogP contribution in [0.2, 0.25) is 0 Å². The second kappa shape index (κ2) is 8.61. The third-order valence-electron chi connectivity index (χ3n) is 5.51. The molecule has 1 saturated heterocycles. The molecule has 3 heterocycles. The van der Waals surface area contributed by atoms with Gasteiger partial charge in [0.2, 0.25) is 5.91 Å². The molecule has 1 fully saturated rings. The van der Waals surface area contributed by atoms with Crippen LogP contribution in [0.1, 0.15) is 35.0 Å². The third-order valence-corrected chi connectivity index (χ3v) is 5.51. The first kappa shape index (κ1) is 19.4. The molecule has 0 radical (unpaired) electrons. The summed E-state index contributed by atoms with van der Waals surface area (Å²) in [4.78, 5) is 15.0. The number of carbonyl (C=O) groups excluding carboxylic acids is 1. The quantitative estimate of drug-likeness (QED) is 0.646. The fraction of sp³-hybridized carbons (Fsp3) is 0.409. The molecular weight excluding hydrogens is 366 g/mol. The Hall–Kier alpha value is -2.93. The van der Waals surface area contributed by atoms with E-state index in [1.165, 1.54) is 5.56 Å². The summed E-state index contributed by atoms with van der Waals surface area (Å²) in [6, 6.07) is 12.1. The van der Waals surface area contributed by atoms with Crippen LogP contribution in [0.4, 0.5) is 0 Å². The average molecular weight is 393 g/mol. The standard InChI is InChI=1S/C22H27N5O2/c1-17-22(18(2)27(24-17)15-19-7-4-3-5-8-19)20-16-29-14-13-26(20)21(28)9-12-25-11-6-10-23-25/h3-8,10-11,20H,9,12-16H2,1-2H3. The van der Waals surface area contributed by atoms with Crippen LogP contribution in [-0.4, -0.2) is 50.1 Å². The van der Waals surface area contributed by atoms with Crippen molar-refractivity contribution in [3.8, 4) is 0 Å². The predicted octanol–water partition coefficient (Wildman–Crippen LogP) is 2.73. The molecule has 1 aromatic carbocycles. The molecule has 1 unspecified atom stereocenters. The molecular formula is C22H27N5O2. The monoisotopic (exact) mass is 393 g/mol. The van der Waals surface area contributed by atoms with E-state index in [1.807, 2.05) is 47.0 Å². The van der Waals surface area contributed by atoms with E-state index in [2.05, 4.69) is 24.2 Å². The van der Waals surface area contributed by atoms with Crippen LogP contribution in [0.25, 0.3) is 0 Å². The van der Waals surface area contributed by atoms with Crippen molar-refractivity contribution in [1.29, 1.82) is 0 Å². The van der Waals surface area contributed by atoms with Gasteiger partial charge in [0.25, 0.3) is 0 Å². The van der Waals surface area contributed by atoms with Gasteiger partial charge in [-0.1, -0.05) is 30.3 Å². The molecule has 29 heavy (non-hydrogen) atoms. The number of rotatable bonds is 6. The minimum atomic E-state index is -0.0987. The maximum absolute atomic E-state index is 13.0. The van der Waals surface area contributed by atoms with Gasteiger partial charge in [0, 0.05) is 43.2 Å². The van der Waals surface area contributed by atoms with E-state index in [-0.39, 0.29) is 11.9 Å². The van der Waals surface area contributed by atoms with Crippen molar-refractivity contribution in [2.24, 2.45) is 0 Å². The first-order chi connectivity index (χ1) is 14.1. The highest BCUT2D eigenvalue weighted by molar-refractivity contribution is 5.77. The summed E-state index contributed by atoms with van der Waals surface area (Å²) < 4.78 is 9.58. The highest BCUT2D eigenvalue weighted by Gasteiger charge is 2.32. The number of amides is 1. The maximum atomic E-state index is 13.0. The highest BCUT2D eigenvalue weighted by Crippen LogP contribution is 2.30. The van der Waals surface area contributed by atoms with Gasteiger partial charge < -0.3 is 9.64 Å². The largest absolute Gasteiger partial charge is 0.377 e. The Balaban J connectivity index is 1.54. The van der Waals surface area contributed by atoms with Gasteiger partial charge in [-0.15, -0.1) is 0 Å². The third kappa shape index (κ3) is 4.24. The molecule has 2 aromatic heterocycles. The van der Waals surface area contributed by atoms with Gasteiger partial charge in [0.15, 0.2) is 0 Å². The van der Waals surface area contributed by atoms with Crippen LogP contribution in [0.3, 0.4) is 0 Å². The van der Waals surface area contributed by atoms with E-state index < -0.39 is 0 Å². The lowest BCUT2D eigenvalue weighted by molar-refractivity contribution is -0.140. The predicted molar refractivity (Wildman–Crippen MR) is 109 cm³/mol. The topological polar surface area (TPSA) is 65.2 Å². The molecule has 0 aliphatic carbocycles. The lowest BCUT2D eigenvalue weighted by Gasteiger charge is -2.36. The number of hydrogen-bond donors (Lipinski definition) is 0. The van der Waals surface area contributed by atoms with Crippen molar-refractivity contribution in [1.82, 2.24) is 24.5 Å². The van der Waals surface area contributed by atoms with Gasteiger partial charge >= 0.3 is 0 Å². The van der Waals surface area contributed by atoms with Gasteiger partial charge in [-0.3, -0.25) is 14.2 Å². The summed E-state index contributed by atoms with van der Waals surface area (Å²) in [7, 11) is 0. The van der Waals surface area contributed by atoms with Crippen LogP contribution < -0.4 is 0 Å². The van der Waals surface area contributed by atoms with Gasteiger partial charge in [0.05, 0.1) is 31.5 Å².